The van der Waals surface area contributed by atoms with Gasteiger partial charge in [-0.3, -0.25) is 4.79 Å². The molecule has 26 heavy (non-hydrogen) atoms. The van der Waals surface area contributed by atoms with Crippen molar-refractivity contribution >= 4 is 79.7 Å². The summed E-state index contributed by atoms with van der Waals surface area (Å²) in [5.41, 5.74) is 0.915. The monoisotopic (exact) mass is 497 g/mol. The van der Waals surface area contributed by atoms with Gasteiger partial charge in [-0.15, -0.1) is 0 Å². The summed E-state index contributed by atoms with van der Waals surface area (Å²) in [6, 6.07) is 12.2. The molecule has 0 unspecified atom stereocenters. The van der Waals surface area contributed by atoms with E-state index < -0.39 is 21.7 Å². The minimum absolute atomic E-state index is 0.142. The Hall–Kier alpha value is -1.12. The molecule has 0 aromatic heterocycles. The first kappa shape index (κ1) is 21.2. The molecule has 0 saturated carbocycles. The molecular weight excluding hydrogens is 488 g/mol. The van der Waals surface area contributed by atoms with Crippen LogP contribution < -0.4 is 16.0 Å². The fourth-order valence-electron chi connectivity index (χ4n) is 1.85. The lowest BCUT2D eigenvalue weighted by molar-refractivity contribution is 0.0934. The van der Waals surface area contributed by atoms with Gasteiger partial charge in [-0.25, -0.2) is 4.39 Å². The third-order valence-electron chi connectivity index (χ3n) is 3.09. The second kappa shape index (κ2) is 9.19. The highest BCUT2D eigenvalue weighted by Crippen LogP contribution is 2.29. The second-order valence-corrected chi connectivity index (χ2v) is 8.75. The summed E-state index contributed by atoms with van der Waals surface area (Å²) in [5, 5.41) is 8.31. The molecule has 0 spiro atoms. The van der Waals surface area contributed by atoms with Gasteiger partial charge in [-0.2, -0.15) is 0 Å². The lowest BCUT2D eigenvalue weighted by atomic mass is 10.2. The Kier molecular flexibility index (Phi) is 7.49. The molecule has 4 nitrogen and oxygen atoms in total. The summed E-state index contributed by atoms with van der Waals surface area (Å²) in [6.45, 7) is 0. The number of nitrogens with one attached hydrogen (secondary N) is 3. The average Bonchev–Trinajstić information content (AvgIpc) is 2.56. The molecule has 0 aliphatic heterocycles. The predicted molar refractivity (Wildman–Crippen MR) is 111 cm³/mol. The van der Waals surface area contributed by atoms with E-state index >= 15 is 0 Å². The Labute approximate surface area is 178 Å². The van der Waals surface area contributed by atoms with Crippen LogP contribution in [0.25, 0.3) is 0 Å². The van der Waals surface area contributed by atoms with Crippen LogP contribution in [-0.4, -0.2) is 21.0 Å². The number of rotatable bonds is 4. The maximum absolute atomic E-state index is 13.0. The molecule has 0 aliphatic rings. The average molecular weight is 500 g/mol. The van der Waals surface area contributed by atoms with Crippen molar-refractivity contribution in [1.29, 1.82) is 0 Å². The Morgan fingerprint density at radius 3 is 2.15 bits per heavy atom. The highest BCUT2D eigenvalue weighted by Gasteiger charge is 2.34. The zero-order valence-electron chi connectivity index (χ0n) is 12.9. The highest BCUT2D eigenvalue weighted by atomic mass is 79.9. The molecule has 0 radical (unpaired) electrons. The molecular formula is C16H12BrCl3FN3OS. The van der Waals surface area contributed by atoms with Crippen molar-refractivity contribution < 1.29 is 9.18 Å². The lowest BCUT2D eigenvalue weighted by Crippen LogP contribution is -2.56. The van der Waals surface area contributed by atoms with Gasteiger partial charge in [-0.1, -0.05) is 50.7 Å². The number of thiocarbonyl (C=S) groups is 1. The molecule has 1 atom stereocenters. The van der Waals surface area contributed by atoms with E-state index in [-0.39, 0.29) is 10.7 Å². The van der Waals surface area contributed by atoms with Crippen LogP contribution in [0.15, 0.2) is 53.0 Å². The van der Waals surface area contributed by atoms with E-state index in [1.54, 1.807) is 12.1 Å². The standard InChI is InChI=1S/C16H12BrCl3FN3OS/c17-10-3-7-12(8-4-10)22-15(26)24-14(16(18,19)20)23-13(25)9-1-5-11(21)6-2-9/h1-8,14H,(H,23,25)(H2,22,24,26)/t14-/m0/s1. The number of hydrogen-bond acceptors (Lipinski definition) is 2. The zero-order chi connectivity index (χ0) is 19.3. The first-order valence-electron chi connectivity index (χ1n) is 7.11. The van der Waals surface area contributed by atoms with Crippen LogP contribution in [0.1, 0.15) is 10.4 Å². The third-order valence-corrected chi connectivity index (χ3v) is 4.49. The molecule has 0 bridgehead atoms. The SMILES string of the molecule is O=C(N[C@@H](NC(=S)Nc1ccc(Br)cc1)C(Cl)(Cl)Cl)c1ccc(F)cc1. The van der Waals surface area contributed by atoms with Crippen LogP contribution in [0.4, 0.5) is 10.1 Å². The first-order chi connectivity index (χ1) is 12.1. The minimum Gasteiger partial charge on any atom is -0.339 e. The molecule has 3 N–H and O–H groups in total. The van der Waals surface area contributed by atoms with Crippen molar-refractivity contribution in [2.24, 2.45) is 0 Å². The van der Waals surface area contributed by atoms with Gasteiger partial charge in [-0.05, 0) is 60.7 Å². The lowest BCUT2D eigenvalue weighted by Gasteiger charge is -2.27. The Bertz CT molecular complexity index is 785. The second-order valence-electron chi connectivity index (χ2n) is 5.06. The molecule has 10 heteroatoms. The zero-order valence-corrected chi connectivity index (χ0v) is 17.6. The predicted octanol–water partition coefficient (Wildman–Crippen LogP) is 5.00. The quantitative estimate of drug-likeness (QED) is 0.315. The van der Waals surface area contributed by atoms with Gasteiger partial charge in [0.05, 0.1) is 0 Å². The summed E-state index contributed by atoms with van der Waals surface area (Å²) in [4.78, 5) is 12.3. The fraction of sp³-hybridized carbons (Fsp3) is 0.125. The van der Waals surface area contributed by atoms with E-state index in [9.17, 15) is 9.18 Å². The van der Waals surface area contributed by atoms with Crippen molar-refractivity contribution in [3.63, 3.8) is 0 Å². The summed E-state index contributed by atoms with van der Waals surface area (Å²) < 4.78 is 12.0. The summed E-state index contributed by atoms with van der Waals surface area (Å²) in [6.07, 6.45) is -1.12. The largest absolute Gasteiger partial charge is 0.339 e. The van der Waals surface area contributed by atoms with Gasteiger partial charge in [0, 0.05) is 15.7 Å². The van der Waals surface area contributed by atoms with Crippen LogP contribution in [0.2, 0.25) is 0 Å². The number of benzene rings is 2. The highest BCUT2D eigenvalue weighted by molar-refractivity contribution is 9.10. The van der Waals surface area contributed by atoms with Crippen molar-refractivity contribution in [3.05, 3.63) is 64.4 Å². The third kappa shape index (κ3) is 6.55. The van der Waals surface area contributed by atoms with Crippen molar-refractivity contribution in [2.75, 3.05) is 5.32 Å². The van der Waals surface area contributed by atoms with Crippen LogP contribution >= 0.6 is 63.0 Å². The topological polar surface area (TPSA) is 53.2 Å². The van der Waals surface area contributed by atoms with Crippen molar-refractivity contribution in [3.8, 4) is 0 Å². The Morgan fingerprint density at radius 1 is 1.04 bits per heavy atom. The number of carbonyl (C=O) groups is 1. The molecule has 0 aliphatic carbocycles. The molecule has 2 aromatic rings. The van der Waals surface area contributed by atoms with Crippen LogP contribution in [0, 0.1) is 5.82 Å². The summed E-state index contributed by atoms with van der Waals surface area (Å²) in [7, 11) is 0. The van der Waals surface area contributed by atoms with E-state index in [0.717, 1.165) is 16.6 Å². The Morgan fingerprint density at radius 2 is 1.62 bits per heavy atom. The number of alkyl halides is 3. The number of hydrogen-bond donors (Lipinski definition) is 3. The van der Waals surface area contributed by atoms with E-state index in [1.165, 1.54) is 12.1 Å². The maximum Gasteiger partial charge on any atom is 0.252 e. The van der Waals surface area contributed by atoms with Gasteiger partial charge in [0.15, 0.2) is 5.11 Å². The molecule has 0 heterocycles. The molecule has 138 valence electrons. The Balaban J connectivity index is 2.04. The molecule has 0 saturated heterocycles. The van der Waals surface area contributed by atoms with E-state index in [0.29, 0.717) is 5.69 Å². The van der Waals surface area contributed by atoms with E-state index in [1.807, 2.05) is 12.1 Å². The van der Waals surface area contributed by atoms with Crippen molar-refractivity contribution in [1.82, 2.24) is 10.6 Å². The van der Waals surface area contributed by atoms with Gasteiger partial charge in [0.25, 0.3) is 5.91 Å². The van der Waals surface area contributed by atoms with Gasteiger partial charge >= 0.3 is 0 Å². The molecule has 2 aromatic carbocycles. The fourth-order valence-corrected chi connectivity index (χ4v) is 2.67. The van der Waals surface area contributed by atoms with Crippen molar-refractivity contribution in [2.45, 2.75) is 9.96 Å². The van der Waals surface area contributed by atoms with E-state index in [4.69, 9.17) is 47.0 Å². The summed E-state index contributed by atoms with van der Waals surface area (Å²) >= 11 is 26.3. The smallest absolute Gasteiger partial charge is 0.252 e. The number of anilines is 1. The van der Waals surface area contributed by atoms with Gasteiger partial charge in [0.1, 0.15) is 12.0 Å². The van der Waals surface area contributed by atoms with Crippen LogP contribution in [0.5, 0.6) is 0 Å². The number of halogens is 5. The van der Waals surface area contributed by atoms with Gasteiger partial charge < -0.3 is 16.0 Å². The normalized spacial score (nSPS) is 12.2. The number of carbonyl (C=O) groups excluding carboxylic acids is 1. The molecule has 2 rings (SSSR count). The first-order valence-corrected chi connectivity index (χ1v) is 9.45. The van der Waals surface area contributed by atoms with Crippen LogP contribution in [0.3, 0.4) is 0 Å². The van der Waals surface area contributed by atoms with E-state index in [2.05, 4.69) is 31.9 Å². The summed E-state index contributed by atoms with van der Waals surface area (Å²) in [5.74, 6) is -1.02. The van der Waals surface area contributed by atoms with Gasteiger partial charge in [0.2, 0.25) is 3.79 Å². The maximum atomic E-state index is 13.0. The molecule has 1 amide bonds. The number of amides is 1. The van der Waals surface area contributed by atoms with Crippen LogP contribution in [-0.2, 0) is 0 Å². The molecule has 0 fully saturated rings. The minimum atomic E-state index is -1.89.